The Hall–Kier alpha value is -0.860. The molecule has 1 rings (SSSR count). The van der Waals surface area contributed by atoms with Gasteiger partial charge < -0.3 is 0 Å². The highest BCUT2D eigenvalue weighted by atomic mass is 35.5. The van der Waals surface area contributed by atoms with Crippen LogP contribution in [0.3, 0.4) is 0 Å². The van der Waals surface area contributed by atoms with E-state index >= 15 is 0 Å². The van der Waals surface area contributed by atoms with Crippen LogP contribution in [0.25, 0.3) is 0 Å². The topological polar surface area (TPSA) is 34.1 Å². The summed E-state index contributed by atoms with van der Waals surface area (Å²) >= 11 is 10.6. The van der Waals surface area contributed by atoms with Gasteiger partial charge in [-0.3, -0.25) is 9.59 Å². The second-order valence-corrected chi connectivity index (χ2v) is 3.64. The lowest BCUT2D eigenvalue weighted by molar-refractivity contribution is -0.110. The summed E-state index contributed by atoms with van der Waals surface area (Å²) in [5, 5.41) is -1.35. The van der Waals surface area contributed by atoms with E-state index in [1.54, 1.807) is 12.2 Å². The van der Waals surface area contributed by atoms with Crippen LogP contribution < -0.4 is 0 Å². The lowest BCUT2D eigenvalue weighted by Crippen LogP contribution is -2.00. The first-order chi connectivity index (χ1) is 6.52. The van der Waals surface area contributed by atoms with Crippen LogP contribution in [-0.2, 0) is 9.59 Å². The quantitative estimate of drug-likeness (QED) is 0.684. The maximum absolute atomic E-state index is 11.0. The monoisotopic (exact) mass is 230 g/mol. The minimum Gasteiger partial charge on any atom is -0.276 e. The molecule has 0 aromatic heterocycles. The van der Waals surface area contributed by atoms with Crippen LogP contribution in [0.4, 0.5) is 0 Å². The molecule has 1 aliphatic rings. The fourth-order valence-electron chi connectivity index (χ4n) is 1.08. The summed E-state index contributed by atoms with van der Waals surface area (Å²) in [6.07, 6.45) is 6.60. The van der Waals surface area contributed by atoms with Gasteiger partial charge in [0.05, 0.1) is 0 Å². The molecule has 0 saturated heterocycles. The van der Waals surface area contributed by atoms with Gasteiger partial charge in [-0.1, -0.05) is 31.2 Å². The van der Waals surface area contributed by atoms with E-state index in [0.717, 1.165) is 0 Å². The predicted octanol–water partition coefficient (Wildman–Crippen LogP) is 2.58. The largest absolute Gasteiger partial charge is 0.276 e. The molecule has 1 aliphatic carbocycles. The average molecular weight is 231 g/mol. The van der Waals surface area contributed by atoms with Gasteiger partial charge in [-0.25, -0.2) is 0 Å². The van der Waals surface area contributed by atoms with Crippen LogP contribution in [0.2, 0.25) is 0 Å². The van der Waals surface area contributed by atoms with Gasteiger partial charge in [0.1, 0.15) is 0 Å². The molecule has 0 unspecified atom stereocenters. The van der Waals surface area contributed by atoms with Crippen molar-refractivity contribution in [2.24, 2.45) is 5.92 Å². The number of allylic oxidation sites excluding steroid dienone is 6. The summed E-state index contributed by atoms with van der Waals surface area (Å²) in [7, 11) is 0. The zero-order chi connectivity index (χ0) is 10.7. The van der Waals surface area contributed by atoms with Crippen LogP contribution in [0.5, 0.6) is 0 Å². The molecule has 0 bridgehead atoms. The molecule has 14 heavy (non-hydrogen) atoms. The van der Waals surface area contributed by atoms with Crippen LogP contribution >= 0.6 is 23.2 Å². The fraction of sp³-hybridized carbons (Fsp3) is 0.200. The SMILES string of the molecule is CC1C=CC(C(=O)Cl)=C(C(=O)Cl)C=C1. The Kier molecular flexibility index (Phi) is 3.67. The normalized spacial score (nSPS) is 17.1. The molecule has 0 saturated carbocycles. The van der Waals surface area contributed by atoms with Crippen LogP contribution in [-0.4, -0.2) is 10.5 Å². The second-order valence-electron chi connectivity index (χ2n) is 2.95. The molecule has 0 aromatic rings. The van der Waals surface area contributed by atoms with Gasteiger partial charge in [0.25, 0.3) is 10.5 Å². The molecule has 0 amide bonds. The Morgan fingerprint density at radius 3 is 1.71 bits per heavy atom. The summed E-state index contributed by atoms with van der Waals surface area (Å²) in [6, 6.07) is 0. The Bertz CT molecular complexity index is 330. The molecule has 0 heterocycles. The van der Waals surface area contributed by atoms with Crippen molar-refractivity contribution < 1.29 is 9.59 Å². The minimum absolute atomic E-state index is 0.146. The average Bonchev–Trinajstić information content (AvgIpc) is 2.26. The van der Waals surface area contributed by atoms with Crippen molar-refractivity contribution in [3.8, 4) is 0 Å². The first-order valence-corrected chi connectivity index (χ1v) is 4.78. The Labute approximate surface area is 91.9 Å². The van der Waals surface area contributed by atoms with E-state index in [4.69, 9.17) is 23.2 Å². The third kappa shape index (κ3) is 2.56. The minimum atomic E-state index is -0.677. The van der Waals surface area contributed by atoms with Gasteiger partial charge >= 0.3 is 0 Å². The highest BCUT2D eigenvalue weighted by molar-refractivity contribution is 6.71. The first-order valence-electron chi connectivity index (χ1n) is 4.02. The zero-order valence-electron chi connectivity index (χ0n) is 7.46. The lowest BCUT2D eigenvalue weighted by Gasteiger charge is -1.97. The molecule has 0 fully saturated rings. The van der Waals surface area contributed by atoms with Crippen molar-refractivity contribution in [1.82, 2.24) is 0 Å². The summed E-state index contributed by atoms with van der Waals surface area (Å²) in [4.78, 5) is 22.0. The number of halogens is 2. The third-order valence-electron chi connectivity index (χ3n) is 1.85. The van der Waals surface area contributed by atoms with E-state index < -0.39 is 10.5 Å². The van der Waals surface area contributed by atoms with E-state index in [-0.39, 0.29) is 17.1 Å². The maximum atomic E-state index is 11.0. The molecule has 0 aromatic carbocycles. The molecular weight excluding hydrogens is 223 g/mol. The summed E-state index contributed by atoms with van der Waals surface area (Å²) in [6.45, 7) is 1.92. The second kappa shape index (κ2) is 4.58. The van der Waals surface area contributed by atoms with E-state index in [2.05, 4.69) is 0 Å². The number of hydrogen-bond acceptors (Lipinski definition) is 2. The Morgan fingerprint density at radius 2 is 1.43 bits per heavy atom. The van der Waals surface area contributed by atoms with Crippen molar-refractivity contribution in [2.45, 2.75) is 6.92 Å². The van der Waals surface area contributed by atoms with Crippen molar-refractivity contribution in [3.05, 3.63) is 35.5 Å². The standard InChI is InChI=1S/C10H8Cl2O2/c1-6-2-4-7(9(11)13)8(5-3-6)10(12)14/h2-6H,1H3. The van der Waals surface area contributed by atoms with Crippen molar-refractivity contribution in [2.75, 3.05) is 0 Å². The Morgan fingerprint density at radius 1 is 1.07 bits per heavy atom. The molecule has 4 heteroatoms. The highest BCUT2D eigenvalue weighted by Gasteiger charge is 2.15. The van der Waals surface area contributed by atoms with Gasteiger partial charge in [-0.2, -0.15) is 0 Å². The van der Waals surface area contributed by atoms with Crippen molar-refractivity contribution in [1.29, 1.82) is 0 Å². The molecular formula is C10H8Cl2O2. The number of carbonyl (C=O) groups excluding carboxylic acids is 2. The molecule has 0 aliphatic heterocycles. The van der Waals surface area contributed by atoms with E-state index in [1.165, 1.54) is 12.2 Å². The molecule has 0 radical (unpaired) electrons. The van der Waals surface area contributed by atoms with Gasteiger partial charge in [0.2, 0.25) is 0 Å². The van der Waals surface area contributed by atoms with E-state index in [9.17, 15) is 9.59 Å². The van der Waals surface area contributed by atoms with Gasteiger partial charge in [-0.15, -0.1) is 0 Å². The van der Waals surface area contributed by atoms with Gasteiger partial charge in [0, 0.05) is 11.1 Å². The predicted molar refractivity (Wildman–Crippen MR) is 56.2 cm³/mol. The third-order valence-corrected chi connectivity index (χ3v) is 2.25. The van der Waals surface area contributed by atoms with Crippen molar-refractivity contribution >= 4 is 33.7 Å². The molecule has 0 atom stereocenters. The zero-order valence-corrected chi connectivity index (χ0v) is 8.97. The molecule has 2 nitrogen and oxygen atoms in total. The first kappa shape index (κ1) is 11.2. The summed E-state index contributed by atoms with van der Waals surface area (Å²) < 4.78 is 0. The molecule has 0 spiro atoms. The van der Waals surface area contributed by atoms with Gasteiger partial charge in [-0.05, 0) is 29.1 Å². The number of hydrogen-bond donors (Lipinski definition) is 0. The van der Waals surface area contributed by atoms with Crippen LogP contribution in [0.1, 0.15) is 6.92 Å². The summed E-state index contributed by atoms with van der Waals surface area (Å²) in [5.41, 5.74) is 0.291. The molecule has 74 valence electrons. The van der Waals surface area contributed by atoms with Crippen LogP contribution in [0, 0.1) is 5.92 Å². The fourth-order valence-corrected chi connectivity index (χ4v) is 1.41. The van der Waals surface area contributed by atoms with E-state index in [1.807, 2.05) is 6.92 Å². The number of rotatable bonds is 2. The molecule has 0 N–H and O–H groups in total. The maximum Gasteiger partial charge on any atom is 0.253 e. The highest BCUT2D eigenvalue weighted by Crippen LogP contribution is 2.19. The van der Waals surface area contributed by atoms with Gasteiger partial charge in [0.15, 0.2) is 0 Å². The summed E-state index contributed by atoms with van der Waals surface area (Å²) in [5.74, 6) is 0.148. The van der Waals surface area contributed by atoms with Crippen molar-refractivity contribution in [3.63, 3.8) is 0 Å². The number of carbonyl (C=O) groups is 2. The van der Waals surface area contributed by atoms with E-state index in [0.29, 0.717) is 0 Å². The Balaban J connectivity index is 3.24. The van der Waals surface area contributed by atoms with Crippen LogP contribution in [0.15, 0.2) is 35.5 Å². The lowest BCUT2D eigenvalue weighted by atomic mass is 10.1. The smallest absolute Gasteiger partial charge is 0.253 e.